The third kappa shape index (κ3) is 6.90. The van der Waals surface area contributed by atoms with Gasteiger partial charge >= 0.3 is 0 Å². The summed E-state index contributed by atoms with van der Waals surface area (Å²) in [6, 6.07) is 5.72. The van der Waals surface area contributed by atoms with Crippen molar-refractivity contribution in [3.05, 3.63) is 52.2 Å². The Balaban J connectivity index is 1.55. The number of nitrogens with one attached hydrogen (secondary N) is 3. The molecule has 2 aromatic heterocycles. The van der Waals surface area contributed by atoms with E-state index in [0.717, 1.165) is 29.5 Å². The maximum Gasteiger partial charge on any atom is 0.264 e. The molecule has 36 heavy (non-hydrogen) atoms. The normalized spacial score (nSPS) is 12.6. The number of amides is 2. The molecule has 1 aromatic carbocycles. The number of anilines is 1. The van der Waals surface area contributed by atoms with Crippen molar-refractivity contribution in [1.29, 1.82) is 0 Å². The van der Waals surface area contributed by atoms with Crippen molar-refractivity contribution in [2.75, 3.05) is 18.8 Å². The molecule has 0 aliphatic heterocycles. The highest BCUT2D eigenvalue weighted by atomic mass is 35.5. The minimum atomic E-state index is -3.94. The van der Waals surface area contributed by atoms with E-state index >= 15 is 0 Å². The Kier molecular flexibility index (Phi) is 9.23. The topological polar surface area (TPSA) is 143 Å². The summed E-state index contributed by atoms with van der Waals surface area (Å²) >= 11 is 6.99. The van der Waals surface area contributed by atoms with E-state index in [0.29, 0.717) is 27.2 Å². The van der Waals surface area contributed by atoms with Crippen LogP contribution in [0.2, 0.25) is 5.02 Å². The lowest BCUT2D eigenvalue weighted by molar-refractivity contribution is -0.123. The number of nitrogens with two attached hydrogens (primary N) is 1. The Morgan fingerprint density at radius 1 is 1.22 bits per heavy atom. The van der Waals surface area contributed by atoms with Gasteiger partial charge in [0.15, 0.2) is 0 Å². The number of fused-ring (bicyclic) bond motifs is 1. The van der Waals surface area contributed by atoms with E-state index in [1.807, 2.05) is 13.8 Å². The highest BCUT2D eigenvalue weighted by Gasteiger charge is 2.25. The Morgan fingerprint density at radius 3 is 2.64 bits per heavy atom. The van der Waals surface area contributed by atoms with Crippen molar-refractivity contribution in [3.63, 3.8) is 0 Å². The number of thiophene rings is 1. The fourth-order valence-corrected chi connectivity index (χ4v) is 6.02. The molecule has 3 aromatic rings. The number of sulfonamides is 1. The van der Waals surface area contributed by atoms with Gasteiger partial charge in [0, 0.05) is 24.7 Å². The van der Waals surface area contributed by atoms with Crippen LogP contribution in [0.3, 0.4) is 0 Å². The molecule has 0 aliphatic carbocycles. The minimum absolute atomic E-state index is 0.0167. The van der Waals surface area contributed by atoms with E-state index in [1.54, 1.807) is 18.3 Å². The van der Waals surface area contributed by atoms with E-state index in [-0.39, 0.29) is 41.3 Å². The lowest BCUT2D eigenvalue weighted by Crippen LogP contribution is -2.47. The van der Waals surface area contributed by atoms with E-state index in [2.05, 4.69) is 20.3 Å². The van der Waals surface area contributed by atoms with Crippen LogP contribution in [0.5, 0.6) is 0 Å². The van der Waals surface area contributed by atoms with Crippen molar-refractivity contribution >= 4 is 60.7 Å². The van der Waals surface area contributed by atoms with Gasteiger partial charge in [-0.05, 0) is 49.1 Å². The molecule has 0 saturated carbocycles. The number of benzene rings is 1. The number of aromatic nitrogens is 1. The second-order valence-electron chi connectivity index (χ2n) is 8.47. The lowest BCUT2D eigenvalue weighted by Gasteiger charge is -2.20. The van der Waals surface area contributed by atoms with Crippen LogP contribution in [0.4, 0.5) is 10.1 Å². The summed E-state index contributed by atoms with van der Waals surface area (Å²) in [6.07, 6.45) is 2.29. The number of carbonyl (C=O) groups excluding carboxylic acids is 2. The largest absolute Gasteiger partial charge is 0.397 e. The van der Waals surface area contributed by atoms with Crippen LogP contribution >= 0.6 is 22.9 Å². The first-order valence-electron chi connectivity index (χ1n) is 11.2. The summed E-state index contributed by atoms with van der Waals surface area (Å²) in [4.78, 5) is 30.6. The second kappa shape index (κ2) is 12.0. The van der Waals surface area contributed by atoms with E-state index in [1.165, 1.54) is 0 Å². The summed E-state index contributed by atoms with van der Waals surface area (Å²) in [6.45, 7) is 4.04. The number of halogens is 2. The molecule has 0 fully saturated rings. The first kappa shape index (κ1) is 27.8. The standard InChI is InChI=1S/C23H27ClFN5O4S2/c1-13(2)11-17(30-22(32)20-19(26)15-5-3-8-28-23(15)35-20)21(31)27-9-4-10-29-36(33,34)18-7-6-14(25)12-16(18)24/h3,5-8,12-13,17,29H,4,9-11,26H2,1-2H3,(H,27,31)(H,30,32)/t17-/m0/s1. The van der Waals surface area contributed by atoms with Crippen molar-refractivity contribution in [2.45, 2.75) is 37.6 Å². The van der Waals surface area contributed by atoms with Crippen molar-refractivity contribution < 1.29 is 22.4 Å². The molecule has 1 atom stereocenters. The molecule has 9 nitrogen and oxygen atoms in total. The predicted octanol–water partition coefficient (Wildman–Crippen LogP) is 3.30. The Labute approximate surface area is 217 Å². The molecule has 0 unspecified atom stereocenters. The third-order valence-electron chi connectivity index (χ3n) is 5.17. The first-order chi connectivity index (χ1) is 17.0. The minimum Gasteiger partial charge on any atom is -0.397 e. The molecule has 5 N–H and O–H groups in total. The van der Waals surface area contributed by atoms with Gasteiger partial charge < -0.3 is 16.4 Å². The highest BCUT2D eigenvalue weighted by Crippen LogP contribution is 2.32. The summed E-state index contributed by atoms with van der Waals surface area (Å²) in [5, 5.41) is 5.94. The molecule has 2 heterocycles. The van der Waals surface area contributed by atoms with Gasteiger partial charge in [-0.15, -0.1) is 11.3 Å². The van der Waals surface area contributed by atoms with Crippen molar-refractivity contribution in [1.82, 2.24) is 20.3 Å². The van der Waals surface area contributed by atoms with Gasteiger partial charge in [-0.25, -0.2) is 22.5 Å². The zero-order valence-electron chi connectivity index (χ0n) is 19.7. The van der Waals surface area contributed by atoms with Gasteiger partial charge in [0.1, 0.15) is 26.5 Å². The molecule has 0 spiro atoms. The average Bonchev–Trinajstić information content (AvgIpc) is 3.14. The summed E-state index contributed by atoms with van der Waals surface area (Å²) in [5.41, 5.74) is 6.44. The maximum atomic E-state index is 13.2. The monoisotopic (exact) mass is 555 g/mol. The Morgan fingerprint density at radius 2 is 1.97 bits per heavy atom. The molecule has 2 amide bonds. The van der Waals surface area contributed by atoms with Crippen molar-refractivity contribution in [3.8, 4) is 0 Å². The summed E-state index contributed by atoms with van der Waals surface area (Å²) in [5.74, 6) is -1.37. The van der Waals surface area contributed by atoms with E-state index < -0.39 is 27.8 Å². The number of nitrogens with zero attached hydrogens (tertiary/aromatic N) is 1. The van der Waals surface area contributed by atoms with Gasteiger partial charge in [0.05, 0.1) is 10.7 Å². The van der Waals surface area contributed by atoms with Gasteiger partial charge in [-0.3, -0.25) is 9.59 Å². The molecule has 13 heteroatoms. The number of hydrogen-bond donors (Lipinski definition) is 4. The molecule has 0 bridgehead atoms. The molecular weight excluding hydrogens is 529 g/mol. The van der Waals surface area contributed by atoms with Crippen LogP contribution < -0.4 is 21.1 Å². The highest BCUT2D eigenvalue weighted by molar-refractivity contribution is 7.89. The van der Waals surface area contributed by atoms with Crippen molar-refractivity contribution in [2.24, 2.45) is 5.92 Å². The molecule has 194 valence electrons. The SMILES string of the molecule is CC(C)C[C@H](NC(=O)c1sc2ncccc2c1N)C(=O)NCCCNS(=O)(=O)c1ccc(F)cc1Cl. The first-order valence-corrected chi connectivity index (χ1v) is 13.8. The second-order valence-corrected chi connectivity index (χ2v) is 11.6. The number of carbonyl (C=O) groups is 2. The zero-order valence-corrected chi connectivity index (χ0v) is 22.1. The fourth-order valence-electron chi connectivity index (χ4n) is 3.45. The Hall–Kier alpha value is -2.80. The smallest absolute Gasteiger partial charge is 0.264 e. The number of pyridine rings is 1. The maximum absolute atomic E-state index is 13.2. The van der Waals surface area contributed by atoms with E-state index in [4.69, 9.17) is 17.3 Å². The van der Waals surface area contributed by atoms with Gasteiger partial charge in [0.2, 0.25) is 15.9 Å². The number of rotatable bonds is 11. The summed E-state index contributed by atoms with van der Waals surface area (Å²) < 4.78 is 40.3. The molecule has 0 saturated heterocycles. The van der Waals surface area contributed by atoms with Crippen LogP contribution in [0, 0.1) is 11.7 Å². The number of hydrogen-bond acceptors (Lipinski definition) is 7. The average molecular weight is 556 g/mol. The third-order valence-corrected chi connectivity index (χ3v) is 8.24. The predicted molar refractivity (Wildman–Crippen MR) is 139 cm³/mol. The van der Waals surface area contributed by atoms with Gasteiger partial charge in [-0.1, -0.05) is 25.4 Å². The van der Waals surface area contributed by atoms with Crippen LogP contribution in [0.25, 0.3) is 10.2 Å². The lowest BCUT2D eigenvalue weighted by atomic mass is 10.0. The number of nitrogen functional groups attached to an aromatic ring is 1. The Bertz CT molecular complexity index is 1360. The van der Waals surface area contributed by atoms with Crippen LogP contribution in [0.15, 0.2) is 41.4 Å². The molecule has 0 aliphatic rings. The van der Waals surface area contributed by atoms with Crippen LogP contribution in [-0.4, -0.2) is 44.3 Å². The van der Waals surface area contributed by atoms with Crippen LogP contribution in [-0.2, 0) is 14.8 Å². The molecule has 0 radical (unpaired) electrons. The summed E-state index contributed by atoms with van der Waals surface area (Å²) in [7, 11) is -3.94. The molecule has 3 rings (SSSR count). The van der Waals surface area contributed by atoms with Gasteiger partial charge in [-0.2, -0.15) is 0 Å². The van der Waals surface area contributed by atoms with E-state index in [9.17, 15) is 22.4 Å². The quantitative estimate of drug-likeness (QED) is 0.267. The molecular formula is C23H27ClFN5O4S2. The zero-order chi connectivity index (χ0) is 26.5. The van der Waals surface area contributed by atoms with Gasteiger partial charge in [0.25, 0.3) is 5.91 Å². The van der Waals surface area contributed by atoms with Crippen LogP contribution in [0.1, 0.15) is 36.4 Å². The fraction of sp³-hybridized carbons (Fsp3) is 0.348.